The average Bonchev–Trinajstić information content (AvgIpc) is 2.34. The molecule has 17 heavy (non-hydrogen) atoms. The predicted molar refractivity (Wildman–Crippen MR) is 64.9 cm³/mol. The Morgan fingerprint density at radius 2 is 2.00 bits per heavy atom. The summed E-state index contributed by atoms with van der Waals surface area (Å²) in [6, 6.07) is 8.90. The fraction of sp³-hybridized carbons (Fsp3) is 0.462. The van der Waals surface area contributed by atoms with Crippen molar-refractivity contribution in [3.05, 3.63) is 35.4 Å². The van der Waals surface area contributed by atoms with E-state index in [-0.39, 0.29) is 0 Å². The SMILES string of the molecule is CC(C)CONCC(O)c1ccc(C#N)cc1. The molecule has 1 aromatic carbocycles. The van der Waals surface area contributed by atoms with Crippen LogP contribution in [0.15, 0.2) is 24.3 Å². The normalized spacial score (nSPS) is 12.4. The fourth-order valence-corrected chi connectivity index (χ4v) is 1.26. The summed E-state index contributed by atoms with van der Waals surface area (Å²) in [5, 5.41) is 18.5. The Labute approximate surface area is 102 Å². The van der Waals surface area contributed by atoms with Crippen molar-refractivity contribution in [3.8, 4) is 6.07 Å². The highest BCUT2D eigenvalue weighted by Gasteiger charge is 2.07. The average molecular weight is 234 g/mol. The lowest BCUT2D eigenvalue weighted by Crippen LogP contribution is -2.23. The molecule has 0 amide bonds. The van der Waals surface area contributed by atoms with E-state index >= 15 is 0 Å². The van der Waals surface area contributed by atoms with Gasteiger partial charge in [0.15, 0.2) is 0 Å². The number of nitrogens with zero attached hydrogens (tertiary/aromatic N) is 1. The van der Waals surface area contributed by atoms with Gasteiger partial charge in [0.05, 0.1) is 30.9 Å². The number of nitriles is 1. The molecule has 2 N–H and O–H groups in total. The van der Waals surface area contributed by atoms with E-state index in [1.165, 1.54) is 0 Å². The quantitative estimate of drug-likeness (QED) is 0.581. The van der Waals surface area contributed by atoms with Crippen LogP contribution in [-0.4, -0.2) is 18.3 Å². The molecule has 0 aliphatic heterocycles. The highest BCUT2D eigenvalue weighted by molar-refractivity contribution is 5.32. The van der Waals surface area contributed by atoms with Crippen molar-refractivity contribution in [1.82, 2.24) is 5.48 Å². The number of hydrogen-bond acceptors (Lipinski definition) is 4. The second-order valence-electron chi connectivity index (χ2n) is 4.30. The van der Waals surface area contributed by atoms with Gasteiger partial charge in [0.1, 0.15) is 0 Å². The van der Waals surface area contributed by atoms with Gasteiger partial charge >= 0.3 is 0 Å². The number of hydroxylamine groups is 1. The molecule has 1 aromatic rings. The summed E-state index contributed by atoms with van der Waals surface area (Å²) < 4.78 is 0. The lowest BCUT2D eigenvalue weighted by Gasteiger charge is -2.13. The van der Waals surface area contributed by atoms with Gasteiger partial charge in [0.2, 0.25) is 0 Å². The Morgan fingerprint density at radius 1 is 1.35 bits per heavy atom. The zero-order valence-corrected chi connectivity index (χ0v) is 10.2. The predicted octanol–water partition coefficient (Wildman–Crippen LogP) is 1.77. The molecule has 4 nitrogen and oxygen atoms in total. The van der Waals surface area contributed by atoms with E-state index in [0.717, 1.165) is 5.56 Å². The van der Waals surface area contributed by atoms with Gasteiger partial charge in [-0.05, 0) is 23.6 Å². The van der Waals surface area contributed by atoms with E-state index in [1.54, 1.807) is 24.3 Å². The zero-order chi connectivity index (χ0) is 12.7. The van der Waals surface area contributed by atoms with Gasteiger partial charge in [-0.15, -0.1) is 0 Å². The van der Waals surface area contributed by atoms with E-state index in [1.807, 2.05) is 6.07 Å². The smallest absolute Gasteiger partial charge is 0.0991 e. The summed E-state index contributed by atoms with van der Waals surface area (Å²) in [6.07, 6.45) is -0.630. The third-order valence-corrected chi connectivity index (χ3v) is 2.22. The third kappa shape index (κ3) is 4.96. The zero-order valence-electron chi connectivity index (χ0n) is 10.2. The first kappa shape index (κ1) is 13.7. The topological polar surface area (TPSA) is 65.3 Å². The third-order valence-electron chi connectivity index (χ3n) is 2.22. The van der Waals surface area contributed by atoms with Gasteiger partial charge in [-0.2, -0.15) is 10.7 Å². The lowest BCUT2D eigenvalue weighted by atomic mass is 10.1. The maximum absolute atomic E-state index is 9.82. The van der Waals surface area contributed by atoms with Crippen LogP contribution in [0, 0.1) is 17.2 Å². The lowest BCUT2D eigenvalue weighted by molar-refractivity contribution is 0.000340. The van der Waals surface area contributed by atoms with Crippen LogP contribution >= 0.6 is 0 Å². The van der Waals surface area contributed by atoms with E-state index in [0.29, 0.717) is 24.6 Å². The highest BCUT2D eigenvalue weighted by atomic mass is 16.6. The molecule has 1 rings (SSSR count). The van der Waals surface area contributed by atoms with Crippen molar-refractivity contribution in [2.75, 3.05) is 13.2 Å². The maximum Gasteiger partial charge on any atom is 0.0991 e. The number of hydrogen-bond donors (Lipinski definition) is 2. The standard InChI is InChI=1S/C13H18N2O2/c1-10(2)9-17-15-8-13(16)12-5-3-11(7-14)4-6-12/h3-6,10,13,15-16H,8-9H2,1-2H3. The van der Waals surface area contributed by atoms with E-state index in [2.05, 4.69) is 19.3 Å². The summed E-state index contributed by atoms with van der Waals surface area (Å²) in [6.45, 7) is 5.05. The summed E-state index contributed by atoms with van der Waals surface area (Å²) in [5.41, 5.74) is 4.08. The first-order valence-electron chi connectivity index (χ1n) is 5.66. The van der Waals surface area contributed by atoms with Gasteiger partial charge in [0, 0.05) is 0 Å². The van der Waals surface area contributed by atoms with E-state index in [4.69, 9.17) is 10.1 Å². The molecule has 0 aliphatic rings. The van der Waals surface area contributed by atoms with Crippen LogP contribution < -0.4 is 5.48 Å². The van der Waals surface area contributed by atoms with Crippen molar-refractivity contribution in [1.29, 1.82) is 5.26 Å². The molecule has 0 aliphatic carbocycles. The number of rotatable bonds is 6. The van der Waals surface area contributed by atoms with Crippen molar-refractivity contribution in [3.63, 3.8) is 0 Å². The molecule has 0 saturated heterocycles. The largest absolute Gasteiger partial charge is 0.387 e. The molecule has 4 heteroatoms. The minimum atomic E-state index is -0.630. The summed E-state index contributed by atoms with van der Waals surface area (Å²) >= 11 is 0. The Hall–Kier alpha value is -1.41. The molecule has 0 saturated carbocycles. The van der Waals surface area contributed by atoms with E-state index in [9.17, 15) is 5.11 Å². The first-order valence-corrected chi connectivity index (χ1v) is 5.66. The van der Waals surface area contributed by atoms with Crippen molar-refractivity contribution < 1.29 is 9.94 Å². The maximum atomic E-state index is 9.82. The molecule has 92 valence electrons. The van der Waals surface area contributed by atoms with Crippen LogP contribution in [0.1, 0.15) is 31.1 Å². The Bertz CT molecular complexity index is 368. The van der Waals surface area contributed by atoms with Gasteiger partial charge in [-0.25, -0.2) is 0 Å². The van der Waals surface area contributed by atoms with Gasteiger partial charge < -0.3 is 9.94 Å². The van der Waals surface area contributed by atoms with Crippen LogP contribution in [0.3, 0.4) is 0 Å². The molecule has 0 bridgehead atoms. The van der Waals surface area contributed by atoms with Crippen molar-refractivity contribution >= 4 is 0 Å². The van der Waals surface area contributed by atoms with Crippen LogP contribution in [0.2, 0.25) is 0 Å². The Kier molecular flexibility index (Phi) is 5.64. The number of aliphatic hydroxyl groups is 1. The molecular weight excluding hydrogens is 216 g/mol. The minimum absolute atomic E-state index is 0.332. The molecule has 0 heterocycles. The fourth-order valence-electron chi connectivity index (χ4n) is 1.26. The summed E-state index contributed by atoms with van der Waals surface area (Å²) in [7, 11) is 0. The van der Waals surface area contributed by atoms with Crippen LogP contribution in [0.4, 0.5) is 0 Å². The minimum Gasteiger partial charge on any atom is -0.387 e. The highest BCUT2D eigenvalue weighted by Crippen LogP contribution is 2.12. The van der Waals surface area contributed by atoms with Crippen LogP contribution in [0.5, 0.6) is 0 Å². The summed E-state index contributed by atoms with van der Waals surface area (Å²) in [4.78, 5) is 5.17. The summed E-state index contributed by atoms with van der Waals surface area (Å²) in [5.74, 6) is 0.453. The number of aliphatic hydroxyl groups excluding tert-OH is 1. The Morgan fingerprint density at radius 3 is 2.53 bits per heavy atom. The second-order valence-corrected chi connectivity index (χ2v) is 4.30. The molecule has 0 radical (unpaired) electrons. The van der Waals surface area contributed by atoms with Crippen molar-refractivity contribution in [2.24, 2.45) is 5.92 Å². The van der Waals surface area contributed by atoms with Gasteiger partial charge in [-0.1, -0.05) is 26.0 Å². The molecule has 0 aromatic heterocycles. The first-order chi connectivity index (χ1) is 8.13. The van der Waals surface area contributed by atoms with Crippen molar-refractivity contribution in [2.45, 2.75) is 20.0 Å². The van der Waals surface area contributed by atoms with Gasteiger partial charge in [-0.3, -0.25) is 0 Å². The molecule has 1 unspecified atom stereocenters. The molecule has 1 atom stereocenters. The number of nitrogens with one attached hydrogen (secondary N) is 1. The van der Waals surface area contributed by atoms with E-state index < -0.39 is 6.10 Å². The monoisotopic (exact) mass is 234 g/mol. The molecule has 0 spiro atoms. The number of benzene rings is 1. The Balaban J connectivity index is 2.36. The van der Waals surface area contributed by atoms with Gasteiger partial charge in [0.25, 0.3) is 0 Å². The van der Waals surface area contributed by atoms with Crippen LogP contribution in [-0.2, 0) is 4.84 Å². The van der Waals surface area contributed by atoms with Crippen LogP contribution in [0.25, 0.3) is 0 Å². The second kappa shape index (κ2) is 7.02. The molecular formula is C13H18N2O2. The molecule has 0 fully saturated rings.